The Labute approximate surface area is 570 Å². The van der Waals surface area contributed by atoms with E-state index >= 15 is 0 Å². The van der Waals surface area contributed by atoms with Crippen molar-refractivity contribution in [2.75, 3.05) is 26.4 Å². The molecule has 0 radical (unpaired) electrons. The number of ether oxygens (including phenoxy) is 12. The largest absolute Gasteiger partial charge is 0.489 e. The lowest BCUT2D eigenvalue weighted by atomic mass is 9.96. The van der Waals surface area contributed by atoms with Crippen LogP contribution in [0.15, 0.2) is 190 Å². The number of hydrogen-bond donors (Lipinski definition) is 0. The summed E-state index contributed by atoms with van der Waals surface area (Å²) < 4.78 is 97.2. The smallest absolute Gasteiger partial charge is 0.354 e. The average molecular weight is 1340 g/mol. The third kappa shape index (κ3) is 15.6. The molecule has 4 saturated heterocycles. The Bertz CT molecular complexity index is 4600. The first-order valence-electron chi connectivity index (χ1n) is 34.0. The summed E-state index contributed by atoms with van der Waals surface area (Å²) >= 11 is 0. The summed E-state index contributed by atoms with van der Waals surface area (Å²) in [5.41, 5.74) is 6.84. The van der Waals surface area contributed by atoms with Gasteiger partial charge >= 0.3 is 23.2 Å². The quantitative estimate of drug-likeness (QED) is 0.0313. The van der Waals surface area contributed by atoms with Crippen LogP contribution in [0.2, 0.25) is 0 Å². The van der Waals surface area contributed by atoms with E-state index in [9.17, 15) is 9.59 Å². The average Bonchev–Trinajstić information content (AvgIpc) is 1.52. The number of benzene rings is 4. The summed E-state index contributed by atoms with van der Waals surface area (Å²) in [7, 11) is 0. The SMILES string of the molecule is C/C(=C\COC1=CC2(Oc3cc4occc4cc31)OC(CC/C(C)=C/COc1ccc3ccc(=O)oc3c1)C(C)(C)O2)CCC1OC1(C)C.C/C(=C\COc1c2c(cc3occc13)OC1(C=C2)OC(CC/C(C)=C/COc2ccc3ccc(=O)oc3c2)C(C)(C)O1)CCC1OC1(C)C. The molecule has 0 N–H and O–H groups in total. The summed E-state index contributed by atoms with van der Waals surface area (Å²) in [5, 5.41) is 3.53. The molecule has 516 valence electrons. The van der Waals surface area contributed by atoms with Gasteiger partial charge in [-0.3, -0.25) is 0 Å². The van der Waals surface area contributed by atoms with Gasteiger partial charge in [0.1, 0.15) is 83.3 Å². The Kier molecular flexibility index (Phi) is 18.9. The highest BCUT2D eigenvalue weighted by Crippen LogP contribution is 2.51. The van der Waals surface area contributed by atoms with E-state index in [-0.39, 0.29) is 34.7 Å². The molecule has 18 heteroatoms. The van der Waals surface area contributed by atoms with E-state index in [2.05, 4.69) is 67.5 Å². The summed E-state index contributed by atoms with van der Waals surface area (Å²) in [5.74, 6) is 0.952. The summed E-state index contributed by atoms with van der Waals surface area (Å²) in [6.45, 7) is 26.6. The van der Waals surface area contributed by atoms with Crippen LogP contribution < -0.4 is 34.9 Å². The van der Waals surface area contributed by atoms with Gasteiger partial charge in [-0.05, 0) is 219 Å². The molecule has 6 aliphatic rings. The fraction of sp³-hybridized carbons (Fsp3) is 0.425. The molecule has 14 rings (SSSR count). The third-order valence-electron chi connectivity index (χ3n) is 19.2. The zero-order chi connectivity index (χ0) is 68.8. The van der Waals surface area contributed by atoms with Gasteiger partial charge in [0.25, 0.3) is 0 Å². The van der Waals surface area contributed by atoms with Crippen LogP contribution in [0.4, 0.5) is 0 Å². The van der Waals surface area contributed by atoms with E-state index in [0.29, 0.717) is 102 Å². The lowest BCUT2D eigenvalue weighted by Gasteiger charge is -2.32. The van der Waals surface area contributed by atoms with Crippen molar-refractivity contribution < 1.29 is 74.5 Å². The van der Waals surface area contributed by atoms with Crippen LogP contribution in [0.25, 0.3) is 55.7 Å². The van der Waals surface area contributed by atoms with Gasteiger partial charge in [0, 0.05) is 58.6 Å². The highest BCUT2D eigenvalue weighted by atomic mass is 16.9. The maximum atomic E-state index is 11.6. The molecule has 0 amide bonds. The van der Waals surface area contributed by atoms with Gasteiger partial charge in [-0.25, -0.2) is 9.59 Å². The van der Waals surface area contributed by atoms with Crippen molar-refractivity contribution in [1.82, 2.24) is 0 Å². The second kappa shape index (κ2) is 27.2. The lowest BCUT2D eigenvalue weighted by Crippen LogP contribution is -2.40. The summed E-state index contributed by atoms with van der Waals surface area (Å²) in [6, 6.07) is 26.8. The van der Waals surface area contributed by atoms with E-state index in [0.717, 1.165) is 88.8 Å². The van der Waals surface area contributed by atoms with Crippen LogP contribution in [0, 0.1) is 0 Å². The molecule has 6 unspecified atom stereocenters. The summed E-state index contributed by atoms with van der Waals surface area (Å²) in [4.78, 5) is 23.2. The Morgan fingerprint density at radius 2 is 0.898 bits per heavy atom. The molecule has 4 aromatic carbocycles. The van der Waals surface area contributed by atoms with Crippen LogP contribution in [0.5, 0.6) is 28.7 Å². The molecule has 6 atom stereocenters. The van der Waals surface area contributed by atoms with Crippen LogP contribution >= 0.6 is 0 Å². The topological polar surface area (TPSA) is 204 Å². The molecule has 8 aromatic rings. The van der Waals surface area contributed by atoms with Crippen molar-refractivity contribution in [3.63, 3.8) is 0 Å². The molecular formula is C80H88O18. The molecule has 0 bridgehead atoms. The Morgan fingerprint density at radius 3 is 1.44 bits per heavy atom. The van der Waals surface area contributed by atoms with Gasteiger partial charge in [-0.2, -0.15) is 0 Å². The molecule has 0 aliphatic carbocycles. The first kappa shape index (κ1) is 67.9. The minimum Gasteiger partial charge on any atom is -0.489 e. The zero-order valence-electron chi connectivity index (χ0n) is 58.0. The van der Waals surface area contributed by atoms with Crippen LogP contribution in [0.1, 0.15) is 146 Å². The van der Waals surface area contributed by atoms with Crippen molar-refractivity contribution in [3.05, 3.63) is 194 Å². The van der Waals surface area contributed by atoms with Crippen LogP contribution in [0.3, 0.4) is 0 Å². The predicted molar refractivity (Wildman–Crippen MR) is 374 cm³/mol. The monoisotopic (exact) mass is 1340 g/mol. The third-order valence-corrected chi connectivity index (χ3v) is 19.2. The van der Waals surface area contributed by atoms with E-state index in [1.807, 2.05) is 113 Å². The molecule has 4 aromatic heterocycles. The van der Waals surface area contributed by atoms with E-state index < -0.39 is 23.1 Å². The normalized spacial score (nSPS) is 24.1. The fourth-order valence-electron chi connectivity index (χ4n) is 13.0. The maximum Gasteiger partial charge on any atom is 0.354 e. The van der Waals surface area contributed by atoms with Crippen molar-refractivity contribution in [2.24, 2.45) is 0 Å². The number of allylic oxidation sites excluding steroid dienone is 4. The number of furan rings is 2. The molecule has 10 heterocycles. The Balaban J connectivity index is 0.000000176. The van der Waals surface area contributed by atoms with Gasteiger partial charge < -0.3 is 74.5 Å². The second-order valence-corrected chi connectivity index (χ2v) is 28.6. The molecular weight excluding hydrogens is 1250 g/mol. The Morgan fingerprint density at radius 1 is 0.449 bits per heavy atom. The number of rotatable bonds is 24. The van der Waals surface area contributed by atoms with Gasteiger partial charge in [0.2, 0.25) is 0 Å². The summed E-state index contributed by atoms with van der Waals surface area (Å²) in [6.07, 6.45) is 24.4. The Hall–Kier alpha value is -8.62. The van der Waals surface area contributed by atoms with Gasteiger partial charge in [0.15, 0.2) is 0 Å². The maximum absolute atomic E-state index is 11.6. The minimum atomic E-state index is -1.45. The standard InChI is InChI=1S/2C40H44O9/c1-25(16-20-42-28-11-9-27-10-14-36(41)45-31(27)23-28)8-13-35-39(5,6)49-40(48-35)19-15-29-33(46-40)24-32-30(18-22-43-32)37(29)44-21-17-26(2)7-12-34-38(3,4)47-34;1-25(15-18-42-29-11-9-27-10-14-37(41)45-32(27)22-29)8-13-36-39(5,6)49-40(48-36)24-34(30-21-28-17-20-43-31(28)23-33(30)46-40)44-19-16-26(2)7-12-35-38(3,4)47-35/h9-11,14-19,22-24,34-35H,7-8,12-13,20-21H2,1-6H3;9-11,14-17,20-24,35-36H,7-8,12-13,18-19H2,1-6H3/b25-16+,26-17+;25-15+,26-16+. The fourth-order valence-corrected chi connectivity index (χ4v) is 13.0. The van der Waals surface area contributed by atoms with Gasteiger partial charge in [0.05, 0.1) is 81.9 Å². The second-order valence-electron chi connectivity index (χ2n) is 28.6. The minimum absolute atomic E-state index is 0.00264. The van der Waals surface area contributed by atoms with E-state index in [4.69, 9.17) is 74.5 Å². The van der Waals surface area contributed by atoms with E-state index in [1.165, 1.54) is 23.3 Å². The molecule has 4 fully saturated rings. The molecule has 98 heavy (non-hydrogen) atoms. The highest BCUT2D eigenvalue weighted by Gasteiger charge is 2.56. The van der Waals surface area contributed by atoms with Crippen LogP contribution in [-0.4, -0.2) is 85.2 Å². The van der Waals surface area contributed by atoms with Gasteiger partial charge in [-0.1, -0.05) is 22.3 Å². The van der Waals surface area contributed by atoms with Crippen LogP contribution in [-0.2, 0) is 33.2 Å². The first-order chi connectivity index (χ1) is 46.8. The van der Waals surface area contributed by atoms with Crippen molar-refractivity contribution in [2.45, 2.75) is 193 Å². The van der Waals surface area contributed by atoms with E-state index in [1.54, 1.807) is 36.8 Å². The zero-order valence-corrected chi connectivity index (χ0v) is 58.0. The highest BCUT2D eigenvalue weighted by molar-refractivity contribution is 5.92. The number of fused-ring (bicyclic) bond motifs is 6. The molecule has 0 saturated carbocycles. The van der Waals surface area contributed by atoms with Crippen molar-refractivity contribution in [3.8, 4) is 28.7 Å². The molecule has 2 spiro atoms. The molecule has 18 nitrogen and oxygen atoms in total. The molecule has 6 aliphatic heterocycles. The number of epoxide rings is 2. The van der Waals surface area contributed by atoms with Crippen molar-refractivity contribution >= 4 is 55.7 Å². The predicted octanol–water partition coefficient (Wildman–Crippen LogP) is 17.7. The lowest BCUT2D eigenvalue weighted by molar-refractivity contribution is -0.272. The number of hydrogen-bond acceptors (Lipinski definition) is 18. The van der Waals surface area contributed by atoms with Crippen molar-refractivity contribution in [1.29, 1.82) is 0 Å². The van der Waals surface area contributed by atoms with Gasteiger partial charge in [-0.15, -0.1) is 0 Å². The first-order valence-corrected chi connectivity index (χ1v) is 34.0.